The third-order valence-corrected chi connectivity index (χ3v) is 9.90. The van der Waals surface area contributed by atoms with Crippen LogP contribution in [0.3, 0.4) is 0 Å². The van der Waals surface area contributed by atoms with Crippen molar-refractivity contribution in [3.05, 3.63) is 88.5 Å². The molecule has 7 nitrogen and oxygen atoms in total. The molecule has 1 saturated heterocycles. The van der Waals surface area contributed by atoms with Gasteiger partial charge in [0.1, 0.15) is 11.9 Å². The average Bonchev–Trinajstić information content (AvgIpc) is 3.84. The Morgan fingerprint density at radius 3 is 2.51 bits per heavy atom. The van der Waals surface area contributed by atoms with Crippen molar-refractivity contribution in [3.8, 4) is 34.2 Å². The maximum Gasteiger partial charge on any atom is 0.407 e. The lowest BCUT2D eigenvalue weighted by atomic mass is 10.0. The number of nitrogens with one attached hydrogen (secondary N) is 2. The van der Waals surface area contributed by atoms with E-state index in [1.165, 1.54) is 22.1 Å². The molecule has 0 saturated carbocycles. The summed E-state index contributed by atoms with van der Waals surface area (Å²) in [7, 11) is 1.30. The first-order valence-corrected chi connectivity index (χ1v) is 16.0. The number of fused-ring (bicyclic) bond motifs is 1. The number of rotatable bonds is 6. The second-order valence-electron chi connectivity index (χ2n) is 10.9. The summed E-state index contributed by atoms with van der Waals surface area (Å²) in [4.78, 5) is 35.3. The van der Waals surface area contributed by atoms with Gasteiger partial charge in [0.25, 0.3) is 0 Å². The van der Waals surface area contributed by atoms with E-state index in [0.29, 0.717) is 6.54 Å². The average molecular weight is 609 g/mol. The number of carbonyl (C=O) groups excluding carboxylic acids is 2. The predicted molar refractivity (Wildman–Crippen MR) is 173 cm³/mol. The molecule has 2 amide bonds. The summed E-state index contributed by atoms with van der Waals surface area (Å²) in [5.41, 5.74) is 6.39. The minimum atomic E-state index is -0.658. The number of aromatic amines is 1. The SMILES string of the molecule is COC(=O)NC(C(=O)N1CCCC1c1ncc(-c2ccc(-c3csc4c(C#Cc5ccccc5)csc34)cc2)[nH]1)C(C)C. The highest BCUT2D eigenvalue weighted by atomic mass is 32.1. The Bertz CT molecular complexity index is 1810. The molecule has 9 heteroatoms. The van der Waals surface area contributed by atoms with E-state index in [9.17, 15) is 9.59 Å². The van der Waals surface area contributed by atoms with E-state index < -0.39 is 12.1 Å². The Balaban J connectivity index is 1.18. The van der Waals surface area contributed by atoms with Gasteiger partial charge in [0, 0.05) is 28.4 Å². The number of imidazole rings is 1. The molecule has 0 spiro atoms. The molecule has 0 bridgehead atoms. The van der Waals surface area contributed by atoms with Crippen LogP contribution >= 0.6 is 22.7 Å². The van der Waals surface area contributed by atoms with Crippen molar-refractivity contribution in [2.24, 2.45) is 5.92 Å². The first kappa shape index (κ1) is 28.7. The first-order valence-electron chi connectivity index (χ1n) is 14.3. The lowest BCUT2D eigenvalue weighted by Gasteiger charge is -2.30. The molecular weight excluding hydrogens is 577 g/mol. The minimum Gasteiger partial charge on any atom is -0.453 e. The van der Waals surface area contributed by atoms with Crippen LogP contribution < -0.4 is 5.32 Å². The summed E-state index contributed by atoms with van der Waals surface area (Å²) in [5, 5.41) is 7.06. The molecule has 0 aliphatic carbocycles. The van der Waals surface area contributed by atoms with E-state index in [-0.39, 0.29) is 17.9 Å². The summed E-state index contributed by atoms with van der Waals surface area (Å²) in [6.07, 6.45) is 2.91. The molecule has 5 aromatic rings. The van der Waals surface area contributed by atoms with Crippen LogP contribution in [0.5, 0.6) is 0 Å². The predicted octanol–water partition coefficient (Wildman–Crippen LogP) is 7.46. The molecule has 1 aliphatic rings. The lowest BCUT2D eigenvalue weighted by molar-refractivity contribution is -0.135. The topological polar surface area (TPSA) is 87.3 Å². The van der Waals surface area contributed by atoms with Crippen molar-refractivity contribution in [1.82, 2.24) is 20.2 Å². The summed E-state index contributed by atoms with van der Waals surface area (Å²) in [6.45, 7) is 4.45. The molecule has 6 rings (SSSR count). The summed E-state index contributed by atoms with van der Waals surface area (Å²) in [5.74, 6) is 7.19. The van der Waals surface area contributed by atoms with Crippen molar-refractivity contribution in [3.63, 3.8) is 0 Å². The van der Waals surface area contributed by atoms with Crippen LogP contribution in [0.4, 0.5) is 4.79 Å². The Morgan fingerprint density at radius 2 is 1.77 bits per heavy atom. The number of likely N-dealkylation sites (tertiary alicyclic amines) is 1. The molecule has 2 aromatic carbocycles. The van der Waals surface area contributed by atoms with Gasteiger partial charge in [-0.15, -0.1) is 22.7 Å². The number of alkyl carbamates (subject to hydrolysis) is 1. The Morgan fingerprint density at radius 1 is 1.02 bits per heavy atom. The number of carbonyl (C=O) groups is 2. The van der Waals surface area contributed by atoms with Crippen LogP contribution in [0, 0.1) is 17.8 Å². The van der Waals surface area contributed by atoms with Crippen LogP contribution in [0.1, 0.15) is 49.7 Å². The number of hydrogen-bond acceptors (Lipinski definition) is 6. The molecule has 3 aromatic heterocycles. The van der Waals surface area contributed by atoms with Gasteiger partial charge in [0.05, 0.1) is 40.0 Å². The number of nitrogens with zero attached hydrogens (tertiary/aromatic N) is 2. The monoisotopic (exact) mass is 608 g/mol. The summed E-state index contributed by atoms with van der Waals surface area (Å²) < 4.78 is 7.22. The van der Waals surface area contributed by atoms with Crippen LogP contribution in [-0.2, 0) is 9.53 Å². The zero-order chi connectivity index (χ0) is 29.9. The molecule has 2 atom stereocenters. The van der Waals surface area contributed by atoms with E-state index in [0.717, 1.165) is 46.6 Å². The van der Waals surface area contributed by atoms with Crippen molar-refractivity contribution in [2.75, 3.05) is 13.7 Å². The number of amides is 2. The molecule has 43 heavy (non-hydrogen) atoms. The van der Waals surface area contributed by atoms with E-state index >= 15 is 0 Å². The lowest BCUT2D eigenvalue weighted by Crippen LogP contribution is -2.51. The highest BCUT2D eigenvalue weighted by Crippen LogP contribution is 2.40. The number of thiophene rings is 2. The summed E-state index contributed by atoms with van der Waals surface area (Å²) in [6, 6.07) is 17.7. The van der Waals surface area contributed by atoms with Crippen molar-refractivity contribution < 1.29 is 14.3 Å². The molecular formula is C34H32N4O3S2. The van der Waals surface area contributed by atoms with E-state index in [1.807, 2.05) is 55.3 Å². The quantitative estimate of drug-likeness (QED) is 0.196. The van der Waals surface area contributed by atoms with Gasteiger partial charge in [-0.2, -0.15) is 0 Å². The second-order valence-corrected chi connectivity index (χ2v) is 12.6. The highest BCUT2D eigenvalue weighted by Gasteiger charge is 2.37. The maximum absolute atomic E-state index is 13.5. The molecule has 0 radical (unpaired) electrons. The van der Waals surface area contributed by atoms with Crippen LogP contribution in [0.25, 0.3) is 31.8 Å². The Hall–Kier alpha value is -4.39. The number of hydrogen-bond donors (Lipinski definition) is 2. The van der Waals surface area contributed by atoms with E-state index in [2.05, 4.69) is 62.2 Å². The standard InChI is InChI=1S/C34H32N4O3S2/c1-21(2)29(37-34(40)41-3)33(39)38-17-7-10-28(38)32-35-18-27(36-32)24-15-13-23(14-16-24)26-20-43-30-25(19-42-31(26)30)12-11-22-8-5-4-6-9-22/h4-6,8-9,13-16,18-21,28-29H,7,10,17H2,1-3H3,(H,35,36)(H,37,40). The van der Waals surface area contributed by atoms with Gasteiger partial charge in [-0.25, -0.2) is 9.78 Å². The number of benzene rings is 2. The fourth-order valence-electron chi connectivity index (χ4n) is 5.44. The third kappa shape index (κ3) is 5.94. The third-order valence-electron chi connectivity index (χ3n) is 7.75. The van der Waals surface area contributed by atoms with Crippen molar-refractivity contribution in [1.29, 1.82) is 0 Å². The highest BCUT2D eigenvalue weighted by molar-refractivity contribution is 7.27. The van der Waals surface area contributed by atoms with Crippen LogP contribution in [0.15, 0.2) is 71.6 Å². The Kier molecular flexibility index (Phi) is 8.32. The van der Waals surface area contributed by atoms with Crippen LogP contribution in [-0.4, -0.2) is 46.6 Å². The number of methoxy groups -OCH3 is 1. The second kappa shape index (κ2) is 12.5. The molecule has 4 heterocycles. The van der Waals surface area contributed by atoms with Gasteiger partial charge in [-0.3, -0.25) is 4.79 Å². The van der Waals surface area contributed by atoms with Gasteiger partial charge in [0.2, 0.25) is 5.91 Å². The molecule has 2 N–H and O–H groups in total. The van der Waals surface area contributed by atoms with Crippen molar-refractivity contribution in [2.45, 2.75) is 38.8 Å². The first-order chi connectivity index (χ1) is 20.9. The maximum atomic E-state index is 13.5. The van der Waals surface area contributed by atoms with Gasteiger partial charge >= 0.3 is 6.09 Å². The van der Waals surface area contributed by atoms with E-state index in [4.69, 9.17) is 4.74 Å². The van der Waals surface area contributed by atoms with Gasteiger partial charge < -0.3 is 19.9 Å². The number of ether oxygens (including phenoxy) is 1. The zero-order valence-corrected chi connectivity index (χ0v) is 25.9. The fraction of sp³-hybridized carbons (Fsp3) is 0.265. The summed E-state index contributed by atoms with van der Waals surface area (Å²) >= 11 is 3.47. The molecule has 1 fully saturated rings. The van der Waals surface area contributed by atoms with Crippen LogP contribution in [0.2, 0.25) is 0 Å². The smallest absolute Gasteiger partial charge is 0.407 e. The molecule has 218 valence electrons. The van der Waals surface area contributed by atoms with Gasteiger partial charge in [-0.1, -0.05) is 68.2 Å². The molecule has 1 aliphatic heterocycles. The zero-order valence-electron chi connectivity index (χ0n) is 24.2. The largest absolute Gasteiger partial charge is 0.453 e. The van der Waals surface area contributed by atoms with Gasteiger partial charge in [0.15, 0.2) is 0 Å². The minimum absolute atomic E-state index is 0.0778. The number of H-pyrrole nitrogens is 1. The van der Waals surface area contributed by atoms with Gasteiger partial charge in [-0.05, 0) is 42.0 Å². The number of aromatic nitrogens is 2. The van der Waals surface area contributed by atoms with Crippen molar-refractivity contribution >= 4 is 44.1 Å². The van der Waals surface area contributed by atoms with E-state index in [1.54, 1.807) is 22.7 Å². The Labute approximate surface area is 258 Å². The molecule has 2 unspecified atom stereocenters. The normalized spacial score (nSPS) is 15.3. The fourth-order valence-corrected chi connectivity index (χ4v) is 7.76.